The Bertz CT molecular complexity index is 335. The van der Waals surface area contributed by atoms with Crippen LogP contribution in [0.15, 0.2) is 43.0 Å². The zero-order valence-corrected chi connectivity index (χ0v) is 9.56. The summed E-state index contributed by atoms with van der Waals surface area (Å²) in [5, 5.41) is 1.53. The van der Waals surface area contributed by atoms with Gasteiger partial charge in [0.1, 0.15) is 0 Å². The van der Waals surface area contributed by atoms with Crippen LogP contribution in [-0.4, -0.2) is 24.6 Å². The Morgan fingerprint density at radius 1 is 1.44 bits per heavy atom. The number of rotatable bonds is 6. The zero-order valence-electron chi connectivity index (χ0n) is 9.56. The second-order valence-electron chi connectivity index (χ2n) is 3.56. The fraction of sp³-hybridized carbons (Fsp3) is 0.308. The molecule has 0 atom stereocenters. The van der Waals surface area contributed by atoms with Crippen LogP contribution in [0.1, 0.15) is 12.0 Å². The molecule has 1 rings (SSSR count). The molecule has 0 aliphatic carbocycles. The molecule has 0 bridgehead atoms. The van der Waals surface area contributed by atoms with Crippen molar-refractivity contribution < 1.29 is 9.63 Å². The zero-order chi connectivity index (χ0) is 11.8. The third kappa shape index (κ3) is 4.75. The van der Waals surface area contributed by atoms with E-state index in [1.165, 1.54) is 10.6 Å². The number of aryl methyl sites for hydroxylation is 1. The van der Waals surface area contributed by atoms with Crippen molar-refractivity contribution in [2.24, 2.45) is 0 Å². The average molecular weight is 219 g/mol. The molecule has 0 saturated heterocycles. The first-order valence-corrected chi connectivity index (χ1v) is 5.32. The third-order valence-corrected chi connectivity index (χ3v) is 2.19. The summed E-state index contributed by atoms with van der Waals surface area (Å²) in [5.74, 6) is -0.415. The van der Waals surface area contributed by atoms with E-state index < -0.39 is 5.97 Å². The minimum Gasteiger partial charge on any atom is -0.365 e. The fourth-order valence-corrected chi connectivity index (χ4v) is 1.39. The van der Waals surface area contributed by atoms with Gasteiger partial charge in [-0.25, -0.2) is 4.79 Å². The molecule has 0 saturated carbocycles. The maximum atomic E-state index is 10.9. The number of carbonyl (C=O) groups excluding carboxylic acids is 1. The van der Waals surface area contributed by atoms with Crippen molar-refractivity contribution in [3.63, 3.8) is 0 Å². The van der Waals surface area contributed by atoms with E-state index in [0.29, 0.717) is 6.54 Å². The molecular weight excluding hydrogens is 202 g/mol. The number of benzene rings is 1. The molecule has 0 unspecified atom stereocenters. The number of hydrogen-bond acceptors (Lipinski definition) is 3. The van der Waals surface area contributed by atoms with Gasteiger partial charge in [0.15, 0.2) is 0 Å². The van der Waals surface area contributed by atoms with Crippen molar-refractivity contribution >= 4 is 5.97 Å². The van der Waals surface area contributed by atoms with Crippen LogP contribution in [0, 0.1) is 0 Å². The molecule has 1 aromatic rings. The van der Waals surface area contributed by atoms with Gasteiger partial charge in [-0.3, -0.25) is 0 Å². The van der Waals surface area contributed by atoms with Crippen LogP contribution in [0.25, 0.3) is 0 Å². The van der Waals surface area contributed by atoms with Crippen molar-refractivity contribution in [2.45, 2.75) is 12.8 Å². The van der Waals surface area contributed by atoms with Crippen molar-refractivity contribution in [3.8, 4) is 0 Å². The van der Waals surface area contributed by atoms with Gasteiger partial charge in [0.05, 0.1) is 0 Å². The standard InChI is InChI=1S/C13H17NO2/c1-3-13(15)16-14(2)11-7-10-12-8-5-4-6-9-12/h3-6,8-9H,1,7,10-11H2,2H3. The number of nitrogens with zero attached hydrogens (tertiary/aromatic N) is 1. The van der Waals surface area contributed by atoms with E-state index in [1.54, 1.807) is 7.05 Å². The van der Waals surface area contributed by atoms with Gasteiger partial charge < -0.3 is 4.84 Å². The van der Waals surface area contributed by atoms with Gasteiger partial charge in [0.25, 0.3) is 0 Å². The topological polar surface area (TPSA) is 29.5 Å². The maximum Gasteiger partial charge on any atom is 0.349 e. The van der Waals surface area contributed by atoms with Crippen molar-refractivity contribution in [1.82, 2.24) is 5.06 Å². The molecule has 0 aliphatic rings. The molecule has 1 aromatic carbocycles. The summed E-state index contributed by atoms with van der Waals surface area (Å²) in [6.45, 7) is 4.06. The fourth-order valence-electron chi connectivity index (χ4n) is 1.39. The first-order valence-electron chi connectivity index (χ1n) is 5.32. The van der Waals surface area contributed by atoms with E-state index in [0.717, 1.165) is 18.9 Å². The van der Waals surface area contributed by atoms with Crippen LogP contribution in [0.3, 0.4) is 0 Å². The Morgan fingerprint density at radius 2 is 2.12 bits per heavy atom. The predicted molar refractivity (Wildman–Crippen MR) is 63.7 cm³/mol. The lowest BCUT2D eigenvalue weighted by molar-refractivity contribution is -0.177. The van der Waals surface area contributed by atoms with E-state index in [2.05, 4.69) is 18.7 Å². The molecule has 0 fully saturated rings. The monoisotopic (exact) mass is 219 g/mol. The predicted octanol–water partition coefficient (Wildman–Crippen LogP) is 2.20. The summed E-state index contributed by atoms with van der Waals surface area (Å²) < 4.78 is 0. The lowest BCUT2D eigenvalue weighted by atomic mass is 10.1. The minimum atomic E-state index is -0.415. The Balaban J connectivity index is 2.20. The van der Waals surface area contributed by atoms with Gasteiger partial charge in [-0.05, 0) is 18.4 Å². The van der Waals surface area contributed by atoms with Crippen LogP contribution in [0.4, 0.5) is 0 Å². The van der Waals surface area contributed by atoms with Crippen LogP contribution >= 0.6 is 0 Å². The third-order valence-electron chi connectivity index (χ3n) is 2.19. The van der Waals surface area contributed by atoms with Gasteiger partial charge >= 0.3 is 5.97 Å². The maximum absolute atomic E-state index is 10.9. The second-order valence-corrected chi connectivity index (χ2v) is 3.56. The van der Waals surface area contributed by atoms with Crippen molar-refractivity contribution in [3.05, 3.63) is 48.6 Å². The lowest BCUT2D eigenvalue weighted by Gasteiger charge is -2.14. The highest BCUT2D eigenvalue weighted by molar-refractivity contribution is 5.80. The molecule has 0 N–H and O–H groups in total. The largest absolute Gasteiger partial charge is 0.365 e. The quantitative estimate of drug-likeness (QED) is 0.542. The van der Waals surface area contributed by atoms with Gasteiger partial charge in [0.2, 0.25) is 0 Å². The van der Waals surface area contributed by atoms with E-state index in [9.17, 15) is 4.79 Å². The number of hydroxylamine groups is 2. The van der Waals surface area contributed by atoms with Gasteiger partial charge in [-0.1, -0.05) is 36.9 Å². The summed E-state index contributed by atoms with van der Waals surface area (Å²) in [4.78, 5) is 15.8. The molecule has 0 spiro atoms. The SMILES string of the molecule is C=CC(=O)ON(C)CCCc1ccccc1. The van der Waals surface area contributed by atoms with E-state index >= 15 is 0 Å². The van der Waals surface area contributed by atoms with Crippen molar-refractivity contribution in [2.75, 3.05) is 13.6 Å². The van der Waals surface area contributed by atoms with Crippen LogP contribution in [-0.2, 0) is 16.1 Å². The average Bonchev–Trinajstić information content (AvgIpc) is 2.30. The number of carbonyl (C=O) groups is 1. The molecular formula is C13H17NO2. The molecule has 3 heteroatoms. The van der Waals surface area contributed by atoms with Crippen LogP contribution in [0.5, 0.6) is 0 Å². The molecule has 0 heterocycles. The highest BCUT2D eigenvalue weighted by Crippen LogP contribution is 2.03. The molecule has 86 valence electrons. The van der Waals surface area contributed by atoms with E-state index in [-0.39, 0.29) is 0 Å². The first kappa shape index (κ1) is 12.5. The Kier molecular flexibility index (Phi) is 5.29. The molecule has 0 amide bonds. The van der Waals surface area contributed by atoms with E-state index in [1.807, 2.05) is 18.2 Å². The number of hydrogen-bond donors (Lipinski definition) is 0. The van der Waals surface area contributed by atoms with Crippen molar-refractivity contribution in [1.29, 1.82) is 0 Å². The van der Waals surface area contributed by atoms with E-state index in [4.69, 9.17) is 4.84 Å². The molecule has 0 aromatic heterocycles. The molecule has 3 nitrogen and oxygen atoms in total. The highest BCUT2D eigenvalue weighted by Gasteiger charge is 2.02. The lowest BCUT2D eigenvalue weighted by Crippen LogP contribution is -2.23. The Labute approximate surface area is 96.3 Å². The summed E-state index contributed by atoms with van der Waals surface area (Å²) in [5.41, 5.74) is 1.30. The Morgan fingerprint density at radius 3 is 2.75 bits per heavy atom. The second kappa shape index (κ2) is 6.80. The molecule has 16 heavy (non-hydrogen) atoms. The van der Waals surface area contributed by atoms with Crippen LogP contribution < -0.4 is 0 Å². The van der Waals surface area contributed by atoms with Gasteiger partial charge in [-0.15, -0.1) is 5.06 Å². The summed E-state index contributed by atoms with van der Waals surface area (Å²) in [6.07, 6.45) is 3.09. The van der Waals surface area contributed by atoms with Crippen LogP contribution in [0.2, 0.25) is 0 Å². The summed E-state index contributed by atoms with van der Waals surface area (Å²) in [6, 6.07) is 10.2. The summed E-state index contributed by atoms with van der Waals surface area (Å²) in [7, 11) is 1.74. The highest BCUT2D eigenvalue weighted by atomic mass is 16.7. The Hall–Kier alpha value is -1.61. The molecule has 0 aliphatic heterocycles. The van der Waals surface area contributed by atoms with Gasteiger partial charge in [-0.2, -0.15) is 0 Å². The molecule has 0 radical (unpaired) electrons. The smallest absolute Gasteiger partial charge is 0.349 e. The minimum absolute atomic E-state index is 0.415. The normalized spacial score (nSPS) is 10.1. The first-order chi connectivity index (χ1) is 7.72. The van der Waals surface area contributed by atoms with Gasteiger partial charge in [0, 0.05) is 19.7 Å². The summed E-state index contributed by atoms with van der Waals surface area (Å²) >= 11 is 0.